The Morgan fingerprint density at radius 1 is 0.875 bits per heavy atom. The van der Waals surface area contributed by atoms with E-state index in [2.05, 4.69) is 10.1 Å². The molecule has 2 N–H and O–H groups in total. The number of para-hydroxylation sites is 1. The van der Waals surface area contributed by atoms with Crippen molar-refractivity contribution >= 4 is 11.0 Å². The number of fused-ring (bicyclic) bond motifs is 1. The standard InChI is InChI=1S/C19H15N3O2/c23-16-12-14(11-13-7-3-1-4-8-13)20-18-17(16)19(24)22(21-18)15-9-5-2-6-10-15/h1-10,12H,11H2,(H2,20,21,23). The highest BCUT2D eigenvalue weighted by Crippen LogP contribution is 2.10. The number of hydrogen-bond acceptors (Lipinski definition) is 2. The Morgan fingerprint density at radius 3 is 2.25 bits per heavy atom. The molecule has 0 saturated heterocycles. The molecule has 0 atom stereocenters. The molecular weight excluding hydrogens is 302 g/mol. The Kier molecular flexibility index (Phi) is 3.39. The van der Waals surface area contributed by atoms with Gasteiger partial charge in [0.1, 0.15) is 11.0 Å². The summed E-state index contributed by atoms with van der Waals surface area (Å²) in [7, 11) is 0. The largest absolute Gasteiger partial charge is 0.343 e. The van der Waals surface area contributed by atoms with Crippen molar-refractivity contribution in [1.29, 1.82) is 0 Å². The smallest absolute Gasteiger partial charge is 0.284 e. The van der Waals surface area contributed by atoms with E-state index in [-0.39, 0.29) is 16.4 Å². The first-order chi connectivity index (χ1) is 11.7. The first-order valence-electron chi connectivity index (χ1n) is 7.68. The van der Waals surface area contributed by atoms with Gasteiger partial charge in [0.2, 0.25) is 0 Å². The fourth-order valence-electron chi connectivity index (χ4n) is 2.85. The number of hydrogen-bond donors (Lipinski definition) is 2. The van der Waals surface area contributed by atoms with Crippen LogP contribution in [0.5, 0.6) is 0 Å². The van der Waals surface area contributed by atoms with Crippen LogP contribution in [-0.4, -0.2) is 14.8 Å². The van der Waals surface area contributed by atoms with Crippen LogP contribution >= 0.6 is 0 Å². The summed E-state index contributed by atoms with van der Waals surface area (Å²) in [6.07, 6.45) is 0.602. The lowest BCUT2D eigenvalue weighted by Crippen LogP contribution is -2.18. The molecule has 118 valence electrons. The van der Waals surface area contributed by atoms with Crippen molar-refractivity contribution in [3.8, 4) is 5.69 Å². The molecule has 0 aliphatic rings. The second-order valence-corrected chi connectivity index (χ2v) is 5.66. The van der Waals surface area contributed by atoms with Crippen molar-refractivity contribution in [2.75, 3.05) is 0 Å². The molecule has 0 fully saturated rings. The van der Waals surface area contributed by atoms with Crippen molar-refractivity contribution in [2.45, 2.75) is 6.42 Å². The van der Waals surface area contributed by atoms with Crippen LogP contribution in [0.25, 0.3) is 16.7 Å². The quantitative estimate of drug-likeness (QED) is 0.610. The second kappa shape index (κ2) is 5.70. The maximum atomic E-state index is 12.5. The van der Waals surface area contributed by atoms with Crippen LogP contribution in [0.4, 0.5) is 0 Å². The van der Waals surface area contributed by atoms with Gasteiger partial charge in [-0.2, -0.15) is 0 Å². The Bertz CT molecular complexity index is 1110. The SMILES string of the molecule is O=c1cc(Cc2ccccc2)[nH]c2[nH]n(-c3ccccc3)c(=O)c12. The molecule has 0 spiro atoms. The molecule has 0 amide bonds. The zero-order chi connectivity index (χ0) is 16.5. The van der Waals surface area contributed by atoms with Crippen LogP contribution in [0.2, 0.25) is 0 Å². The molecule has 4 aromatic rings. The van der Waals surface area contributed by atoms with Crippen LogP contribution in [0.3, 0.4) is 0 Å². The van der Waals surface area contributed by atoms with E-state index in [0.29, 0.717) is 17.8 Å². The summed E-state index contributed by atoms with van der Waals surface area (Å²) in [5.74, 6) is 0. The molecule has 2 aromatic heterocycles. The molecule has 0 bridgehead atoms. The molecule has 2 aromatic carbocycles. The third-order valence-electron chi connectivity index (χ3n) is 3.98. The normalized spacial score (nSPS) is 11.0. The predicted octanol–water partition coefficient (Wildman–Crippen LogP) is 2.60. The van der Waals surface area contributed by atoms with E-state index in [1.54, 1.807) is 0 Å². The molecule has 24 heavy (non-hydrogen) atoms. The Balaban J connectivity index is 1.85. The minimum atomic E-state index is -0.344. The lowest BCUT2D eigenvalue weighted by atomic mass is 10.1. The number of pyridine rings is 1. The fraction of sp³-hybridized carbons (Fsp3) is 0.0526. The number of H-pyrrole nitrogens is 2. The second-order valence-electron chi connectivity index (χ2n) is 5.66. The van der Waals surface area contributed by atoms with Gasteiger partial charge in [0.15, 0.2) is 5.43 Å². The molecule has 4 rings (SSSR count). The molecule has 0 unspecified atom stereocenters. The minimum absolute atomic E-state index is 0.149. The van der Waals surface area contributed by atoms with E-state index in [1.165, 1.54) is 10.7 Å². The zero-order valence-corrected chi connectivity index (χ0v) is 12.8. The number of benzene rings is 2. The molecule has 5 nitrogen and oxygen atoms in total. The third kappa shape index (κ3) is 2.46. The maximum Gasteiger partial charge on any atom is 0.284 e. The van der Waals surface area contributed by atoms with Crippen molar-refractivity contribution in [3.63, 3.8) is 0 Å². The summed E-state index contributed by atoms with van der Waals surface area (Å²) in [5, 5.41) is 3.14. The van der Waals surface area contributed by atoms with Crippen LogP contribution in [0, 0.1) is 0 Å². The summed E-state index contributed by atoms with van der Waals surface area (Å²) in [6, 6.07) is 20.6. The average Bonchev–Trinajstić information content (AvgIpc) is 2.94. The van der Waals surface area contributed by atoms with Crippen molar-refractivity contribution in [1.82, 2.24) is 14.8 Å². The molecule has 2 heterocycles. The van der Waals surface area contributed by atoms with E-state index in [4.69, 9.17) is 0 Å². The number of rotatable bonds is 3. The van der Waals surface area contributed by atoms with Gasteiger partial charge in [0, 0.05) is 18.2 Å². The lowest BCUT2D eigenvalue weighted by Gasteiger charge is -2.02. The summed E-state index contributed by atoms with van der Waals surface area (Å²) in [4.78, 5) is 28.1. The topological polar surface area (TPSA) is 70.7 Å². The summed E-state index contributed by atoms with van der Waals surface area (Å²) in [6.45, 7) is 0. The zero-order valence-electron chi connectivity index (χ0n) is 12.8. The molecule has 0 saturated carbocycles. The van der Waals surface area contributed by atoms with E-state index in [1.807, 2.05) is 60.7 Å². The van der Waals surface area contributed by atoms with Gasteiger partial charge in [-0.05, 0) is 17.7 Å². The van der Waals surface area contributed by atoms with Gasteiger partial charge in [-0.25, -0.2) is 4.68 Å². The first kappa shape index (κ1) is 14.3. The number of nitrogens with zero attached hydrogens (tertiary/aromatic N) is 1. The van der Waals surface area contributed by atoms with Crippen molar-refractivity contribution < 1.29 is 0 Å². The lowest BCUT2D eigenvalue weighted by molar-refractivity contribution is 0.857. The molecule has 0 aliphatic heterocycles. The van der Waals surface area contributed by atoms with Gasteiger partial charge in [-0.1, -0.05) is 48.5 Å². The Morgan fingerprint density at radius 2 is 1.54 bits per heavy atom. The van der Waals surface area contributed by atoms with Gasteiger partial charge in [0.25, 0.3) is 5.56 Å². The number of nitrogens with one attached hydrogen (secondary N) is 2. The maximum absolute atomic E-state index is 12.5. The number of aromatic amines is 2. The van der Waals surface area contributed by atoms with Crippen LogP contribution < -0.4 is 11.0 Å². The Labute approximate surface area is 137 Å². The van der Waals surface area contributed by atoms with Crippen molar-refractivity contribution in [2.24, 2.45) is 0 Å². The van der Waals surface area contributed by atoms with Gasteiger partial charge < -0.3 is 4.98 Å². The summed E-state index contributed by atoms with van der Waals surface area (Å²) in [5.41, 5.74) is 2.38. The highest BCUT2D eigenvalue weighted by Gasteiger charge is 2.13. The van der Waals surface area contributed by atoms with Crippen LogP contribution in [0.15, 0.2) is 76.3 Å². The van der Waals surface area contributed by atoms with Crippen LogP contribution in [-0.2, 0) is 6.42 Å². The predicted molar refractivity (Wildman–Crippen MR) is 93.8 cm³/mol. The summed E-state index contributed by atoms with van der Waals surface area (Å²) < 4.78 is 1.38. The first-order valence-corrected chi connectivity index (χ1v) is 7.68. The van der Waals surface area contributed by atoms with Crippen LogP contribution in [0.1, 0.15) is 11.3 Å². The number of aromatic nitrogens is 3. The average molecular weight is 317 g/mol. The van der Waals surface area contributed by atoms with Gasteiger partial charge in [-0.15, -0.1) is 0 Å². The highest BCUT2D eigenvalue weighted by molar-refractivity contribution is 5.74. The minimum Gasteiger partial charge on any atom is -0.343 e. The fourth-order valence-corrected chi connectivity index (χ4v) is 2.85. The van der Waals surface area contributed by atoms with Crippen molar-refractivity contribution in [3.05, 3.63) is 98.6 Å². The third-order valence-corrected chi connectivity index (χ3v) is 3.98. The van der Waals surface area contributed by atoms with E-state index < -0.39 is 0 Å². The van der Waals surface area contributed by atoms with Gasteiger partial charge in [-0.3, -0.25) is 14.7 Å². The van der Waals surface area contributed by atoms with Gasteiger partial charge in [0.05, 0.1) is 5.69 Å². The Hall–Kier alpha value is -3.34. The monoisotopic (exact) mass is 317 g/mol. The highest BCUT2D eigenvalue weighted by atomic mass is 16.1. The van der Waals surface area contributed by atoms with Gasteiger partial charge >= 0.3 is 0 Å². The summed E-state index contributed by atoms with van der Waals surface area (Å²) >= 11 is 0. The van der Waals surface area contributed by atoms with E-state index in [0.717, 1.165) is 11.3 Å². The van der Waals surface area contributed by atoms with E-state index in [9.17, 15) is 9.59 Å². The molecule has 5 heteroatoms. The molecule has 0 aliphatic carbocycles. The molecular formula is C19H15N3O2. The molecule has 0 radical (unpaired) electrons. The van der Waals surface area contributed by atoms with E-state index >= 15 is 0 Å².